The van der Waals surface area contributed by atoms with E-state index in [4.69, 9.17) is 0 Å². The maximum atomic E-state index is 2.93. The fraction of sp³-hybridized carbons (Fsp3) is 0.793. The molecule has 2 heteroatoms. The quantitative estimate of drug-likeness (QED) is 0.341. The van der Waals surface area contributed by atoms with Crippen molar-refractivity contribution in [1.29, 1.82) is 0 Å². The molecule has 0 saturated carbocycles. The van der Waals surface area contributed by atoms with Crippen molar-refractivity contribution in [3.63, 3.8) is 0 Å². The van der Waals surface area contributed by atoms with Crippen molar-refractivity contribution in [2.24, 2.45) is 11.8 Å². The van der Waals surface area contributed by atoms with Crippen molar-refractivity contribution in [2.75, 3.05) is 32.7 Å². The van der Waals surface area contributed by atoms with Crippen LogP contribution in [0.15, 0.2) is 30.3 Å². The molecule has 0 aromatic heterocycles. The summed E-state index contributed by atoms with van der Waals surface area (Å²) in [6.07, 6.45) is 15.3. The first-order valence-electron chi connectivity index (χ1n) is 13.7. The minimum Gasteiger partial charge on any atom is -0.303 e. The lowest BCUT2D eigenvalue weighted by atomic mass is 9.74. The molecule has 2 atom stereocenters. The van der Waals surface area contributed by atoms with Gasteiger partial charge >= 0.3 is 0 Å². The molecule has 2 aliphatic heterocycles. The molecule has 0 aliphatic carbocycles. The summed E-state index contributed by atoms with van der Waals surface area (Å²) in [4.78, 5) is 5.68. The average Bonchev–Trinajstić information content (AvgIpc) is 3.01. The molecule has 0 amide bonds. The highest BCUT2D eigenvalue weighted by Crippen LogP contribution is 2.40. The first-order valence-corrected chi connectivity index (χ1v) is 13.7. The van der Waals surface area contributed by atoms with Crippen LogP contribution in [0.5, 0.6) is 0 Å². The van der Waals surface area contributed by atoms with E-state index in [1.807, 2.05) is 0 Å². The van der Waals surface area contributed by atoms with Gasteiger partial charge < -0.3 is 4.90 Å². The van der Waals surface area contributed by atoms with Gasteiger partial charge in [0.05, 0.1) is 0 Å². The smallest absolute Gasteiger partial charge is 0.0167 e. The fourth-order valence-electron chi connectivity index (χ4n) is 6.19. The van der Waals surface area contributed by atoms with Crippen LogP contribution in [0.2, 0.25) is 0 Å². The molecule has 0 bridgehead atoms. The number of hydrogen-bond acceptors (Lipinski definition) is 2. The van der Waals surface area contributed by atoms with Gasteiger partial charge in [-0.1, -0.05) is 76.8 Å². The lowest BCUT2D eigenvalue weighted by molar-refractivity contribution is 0.103. The van der Waals surface area contributed by atoms with Crippen LogP contribution in [0, 0.1) is 11.8 Å². The third kappa shape index (κ3) is 7.90. The fourth-order valence-corrected chi connectivity index (χ4v) is 6.19. The number of unbranched alkanes of at least 4 members (excludes halogenated alkanes) is 2. The Labute approximate surface area is 193 Å². The van der Waals surface area contributed by atoms with Crippen LogP contribution in [0.4, 0.5) is 0 Å². The summed E-state index contributed by atoms with van der Waals surface area (Å²) in [6.45, 7) is 13.7. The van der Waals surface area contributed by atoms with Crippen LogP contribution in [0.25, 0.3) is 0 Å². The van der Waals surface area contributed by atoms with E-state index in [-0.39, 0.29) is 0 Å². The van der Waals surface area contributed by atoms with Gasteiger partial charge in [-0.05, 0) is 95.1 Å². The zero-order valence-corrected chi connectivity index (χ0v) is 20.9. The highest BCUT2D eigenvalue weighted by molar-refractivity contribution is 5.23. The van der Waals surface area contributed by atoms with Crippen molar-refractivity contribution in [2.45, 2.75) is 103 Å². The standard InChI is InChI=1S/C29H50N2/c1-4-5-11-20-30-23-18-27(19-24-30)29(26-15-8-6-9-16-26)28-17-10-7-12-21-31(28)22-13-14-25(2)3/h6,8-9,15-16,25,27-29H,4-5,7,10-14,17-24H2,1-3H3. The van der Waals surface area contributed by atoms with Crippen LogP contribution < -0.4 is 0 Å². The molecule has 2 fully saturated rings. The van der Waals surface area contributed by atoms with Gasteiger partial charge in [-0.3, -0.25) is 4.90 Å². The van der Waals surface area contributed by atoms with E-state index in [2.05, 4.69) is 60.9 Å². The Morgan fingerprint density at radius 3 is 2.32 bits per heavy atom. The van der Waals surface area contributed by atoms with Crippen molar-refractivity contribution in [1.82, 2.24) is 9.80 Å². The summed E-state index contributed by atoms with van der Waals surface area (Å²) < 4.78 is 0. The lowest BCUT2D eigenvalue weighted by Gasteiger charge is -2.43. The SMILES string of the molecule is CCCCCN1CCC(C(c2ccccc2)C2CCCCCN2CCCC(C)C)CC1. The molecule has 2 saturated heterocycles. The predicted molar refractivity (Wildman–Crippen MR) is 136 cm³/mol. The van der Waals surface area contributed by atoms with Gasteiger partial charge in [0, 0.05) is 12.0 Å². The Hall–Kier alpha value is -0.860. The van der Waals surface area contributed by atoms with Gasteiger partial charge in [0.1, 0.15) is 0 Å². The molecule has 1 aromatic rings. The molecule has 0 spiro atoms. The number of piperidine rings is 1. The molecule has 31 heavy (non-hydrogen) atoms. The van der Waals surface area contributed by atoms with Crippen LogP contribution in [-0.2, 0) is 0 Å². The first kappa shape index (κ1) is 24.8. The van der Waals surface area contributed by atoms with Gasteiger partial charge in [-0.15, -0.1) is 0 Å². The van der Waals surface area contributed by atoms with Crippen molar-refractivity contribution in [3.8, 4) is 0 Å². The number of rotatable bonds is 11. The molecule has 2 heterocycles. The van der Waals surface area contributed by atoms with Crippen LogP contribution >= 0.6 is 0 Å². The highest BCUT2D eigenvalue weighted by atomic mass is 15.2. The van der Waals surface area contributed by atoms with Gasteiger partial charge in [-0.25, -0.2) is 0 Å². The van der Waals surface area contributed by atoms with Gasteiger partial charge in [0.25, 0.3) is 0 Å². The van der Waals surface area contributed by atoms with Crippen LogP contribution in [0.1, 0.15) is 103 Å². The van der Waals surface area contributed by atoms with Crippen LogP contribution in [0.3, 0.4) is 0 Å². The Morgan fingerprint density at radius 1 is 0.839 bits per heavy atom. The van der Waals surface area contributed by atoms with E-state index in [0.29, 0.717) is 0 Å². The molecule has 2 aliphatic rings. The summed E-state index contributed by atoms with van der Waals surface area (Å²) in [5, 5.41) is 0. The first-order chi connectivity index (χ1) is 15.2. The summed E-state index contributed by atoms with van der Waals surface area (Å²) in [7, 11) is 0. The average molecular weight is 427 g/mol. The van der Waals surface area contributed by atoms with Crippen molar-refractivity contribution in [3.05, 3.63) is 35.9 Å². The number of hydrogen-bond donors (Lipinski definition) is 0. The zero-order chi connectivity index (χ0) is 21.9. The maximum Gasteiger partial charge on any atom is 0.0167 e. The highest BCUT2D eigenvalue weighted by Gasteiger charge is 2.36. The molecular weight excluding hydrogens is 376 g/mol. The Kier molecular flexibility index (Phi) is 10.9. The number of likely N-dealkylation sites (tertiary alicyclic amines) is 2. The predicted octanol–water partition coefficient (Wildman–Crippen LogP) is 7.35. The van der Waals surface area contributed by atoms with Crippen molar-refractivity contribution >= 4 is 0 Å². The second kappa shape index (κ2) is 13.6. The molecule has 0 N–H and O–H groups in total. The van der Waals surface area contributed by atoms with Crippen LogP contribution in [-0.4, -0.2) is 48.6 Å². The second-order valence-corrected chi connectivity index (χ2v) is 10.8. The minimum atomic E-state index is 0.719. The normalized spacial score (nSPS) is 23.2. The Balaban J connectivity index is 1.71. The molecular formula is C29H50N2. The second-order valence-electron chi connectivity index (χ2n) is 10.8. The van der Waals surface area contributed by atoms with Crippen molar-refractivity contribution < 1.29 is 0 Å². The summed E-state index contributed by atoms with van der Waals surface area (Å²) >= 11 is 0. The molecule has 1 aromatic carbocycles. The summed E-state index contributed by atoms with van der Waals surface area (Å²) in [5.41, 5.74) is 1.62. The lowest BCUT2D eigenvalue weighted by Crippen LogP contribution is -2.45. The number of benzene rings is 1. The minimum absolute atomic E-state index is 0.719. The van der Waals surface area contributed by atoms with E-state index < -0.39 is 0 Å². The van der Waals surface area contributed by atoms with E-state index >= 15 is 0 Å². The molecule has 176 valence electrons. The van der Waals surface area contributed by atoms with Gasteiger partial charge in [-0.2, -0.15) is 0 Å². The maximum absolute atomic E-state index is 2.93. The number of nitrogens with zero attached hydrogens (tertiary/aromatic N) is 2. The topological polar surface area (TPSA) is 6.48 Å². The largest absolute Gasteiger partial charge is 0.303 e. The van der Waals surface area contributed by atoms with Gasteiger partial charge in [0.15, 0.2) is 0 Å². The van der Waals surface area contributed by atoms with E-state index in [9.17, 15) is 0 Å². The summed E-state index contributed by atoms with van der Waals surface area (Å²) in [6, 6.07) is 12.4. The van der Waals surface area contributed by atoms with E-state index in [1.54, 1.807) is 5.56 Å². The monoisotopic (exact) mass is 426 g/mol. The van der Waals surface area contributed by atoms with Gasteiger partial charge in [0.2, 0.25) is 0 Å². The third-order valence-electron chi connectivity index (χ3n) is 7.96. The molecule has 0 radical (unpaired) electrons. The molecule has 2 nitrogen and oxygen atoms in total. The molecule has 2 unspecified atom stereocenters. The van der Waals surface area contributed by atoms with E-state index in [1.165, 1.54) is 103 Å². The molecule has 3 rings (SSSR count). The summed E-state index contributed by atoms with van der Waals surface area (Å²) in [5.74, 6) is 2.39. The van der Waals surface area contributed by atoms with E-state index in [0.717, 1.165) is 23.8 Å². The Bertz CT molecular complexity index is 576. The zero-order valence-electron chi connectivity index (χ0n) is 20.9. The third-order valence-corrected chi connectivity index (χ3v) is 7.96. The Morgan fingerprint density at radius 2 is 1.61 bits per heavy atom.